The van der Waals surface area contributed by atoms with Gasteiger partial charge in [0.05, 0.1) is 0 Å². The Hall–Kier alpha value is -3.61. The summed E-state index contributed by atoms with van der Waals surface area (Å²) in [6, 6.07) is 15.2. The first-order valence-corrected chi connectivity index (χ1v) is 12.0. The van der Waals surface area contributed by atoms with E-state index in [9.17, 15) is 19.5 Å². The third-order valence-corrected chi connectivity index (χ3v) is 6.94. The molecule has 7 nitrogen and oxygen atoms in total. The van der Waals surface area contributed by atoms with Crippen LogP contribution in [0, 0.1) is 5.92 Å². The number of allylic oxidation sites excluding steroid dienone is 1. The van der Waals surface area contributed by atoms with Crippen LogP contribution in [-0.2, 0) is 14.3 Å². The van der Waals surface area contributed by atoms with Crippen LogP contribution in [0.25, 0.3) is 11.1 Å². The number of hydrogen-bond donors (Lipinski definition) is 3. The molecular weight excluding hydrogens is 444 g/mol. The van der Waals surface area contributed by atoms with Gasteiger partial charge in [0.25, 0.3) is 0 Å². The summed E-state index contributed by atoms with van der Waals surface area (Å²) in [6.45, 7) is 5.45. The summed E-state index contributed by atoms with van der Waals surface area (Å²) in [5, 5.41) is 15.0. The Kier molecular flexibility index (Phi) is 6.96. The fourth-order valence-corrected chi connectivity index (χ4v) is 4.70. The lowest BCUT2D eigenvalue weighted by Crippen LogP contribution is -2.59. The molecule has 184 valence electrons. The Balaban J connectivity index is 1.44. The van der Waals surface area contributed by atoms with Gasteiger partial charge in [-0.25, -0.2) is 9.59 Å². The Labute approximate surface area is 205 Å². The van der Waals surface area contributed by atoms with Crippen molar-refractivity contribution in [3.05, 3.63) is 71.3 Å². The normalized spacial score (nSPS) is 16.8. The predicted molar refractivity (Wildman–Crippen MR) is 133 cm³/mol. The van der Waals surface area contributed by atoms with Crippen molar-refractivity contribution >= 4 is 18.0 Å². The van der Waals surface area contributed by atoms with E-state index in [1.54, 1.807) is 0 Å². The van der Waals surface area contributed by atoms with Crippen molar-refractivity contribution in [2.75, 3.05) is 6.61 Å². The van der Waals surface area contributed by atoms with Gasteiger partial charge in [0, 0.05) is 5.92 Å². The SMILES string of the molecule is CC(C)=CCC(NC(=O)OCC1c2ccccc2-c2ccccc21)C(=O)NC(C)(C(=O)O)C1CC1. The molecule has 2 amide bonds. The maximum Gasteiger partial charge on any atom is 0.407 e. The van der Waals surface area contributed by atoms with E-state index < -0.39 is 29.6 Å². The molecule has 2 aromatic rings. The number of carbonyl (C=O) groups excluding carboxylic acids is 2. The molecule has 2 aliphatic carbocycles. The van der Waals surface area contributed by atoms with Crippen LogP contribution >= 0.6 is 0 Å². The molecule has 0 spiro atoms. The number of alkyl carbamates (subject to hydrolysis) is 1. The predicted octanol–water partition coefficient (Wildman–Crippen LogP) is 4.62. The fraction of sp³-hybridized carbons (Fsp3) is 0.393. The number of carbonyl (C=O) groups is 3. The summed E-state index contributed by atoms with van der Waals surface area (Å²) in [5.74, 6) is -1.81. The van der Waals surface area contributed by atoms with Crippen molar-refractivity contribution in [3.63, 3.8) is 0 Å². The number of carboxylic acids is 1. The second-order valence-electron chi connectivity index (χ2n) is 9.81. The van der Waals surface area contributed by atoms with E-state index in [0.29, 0.717) is 0 Å². The van der Waals surface area contributed by atoms with Gasteiger partial charge >= 0.3 is 12.1 Å². The molecule has 1 fully saturated rings. The molecule has 0 heterocycles. The van der Waals surface area contributed by atoms with E-state index in [1.165, 1.54) is 6.92 Å². The number of nitrogens with one attached hydrogen (secondary N) is 2. The standard InChI is InChI=1S/C28H32N2O5/c1-17(2)12-15-24(25(31)30-28(3,26(32)33)18-13-14-18)29-27(34)35-16-23-21-10-6-4-8-19(21)20-9-5-7-11-22(20)23/h4-12,18,23-24H,13-16H2,1-3H3,(H,29,34)(H,30,31)(H,32,33). The molecule has 2 atom stereocenters. The topological polar surface area (TPSA) is 105 Å². The Morgan fingerprint density at radius 1 is 1.06 bits per heavy atom. The van der Waals surface area contributed by atoms with E-state index >= 15 is 0 Å². The van der Waals surface area contributed by atoms with Crippen molar-refractivity contribution in [2.24, 2.45) is 5.92 Å². The second kappa shape index (κ2) is 9.94. The second-order valence-corrected chi connectivity index (χ2v) is 9.81. The first-order chi connectivity index (χ1) is 16.7. The average molecular weight is 477 g/mol. The number of hydrogen-bond acceptors (Lipinski definition) is 4. The molecule has 2 aliphatic rings. The number of benzene rings is 2. The quantitative estimate of drug-likeness (QED) is 0.458. The summed E-state index contributed by atoms with van der Waals surface area (Å²) in [5.41, 5.74) is 4.09. The number of carboxylic acid groups (broad SMARTS) is 1. The molecule has 0 aliphatic heterocycles. The molecule has 2 unspecified atom stereocenters. The highest BCUT2D eigenvalue weighted by Crippen LogP contribution is 2.44. The van der Waals surface area contributed by atoms with Crippen LogP contribution in [0.1, 0.15) is 57.1 Å². The van der Waals surface area contributed by atoms with E-state index in [-0.39, 0.29) is 24.9 Å². The van der Waals surface area contributed by atoms with Gasteiger partial charge in [-0.1, -0.05) is 60.2 Å². The molecular formula is C28H32N2O5. The first-order valence-electron chi connectivity index (χ1n) is 12.0. The van der Waals surface area contributed by atoms with Crippen molar-refractivity contribution in [1.29, 1.82) is 0 Å². The molecule has 0 aromatic heterocycles. The highest BCUT2D eigenvalue weighted by Gasteiger charge is 2.49. The minimum Gasteiger partial charge on any atom is -0.480 e. The zero-order valence-electron chi connectivity index (χ0n) is 20.3. The van der Waals surface area contributed by atoms with Gasteiger partial charge in [0.1, 0.15) is 18.2 Å². The minimum absolute atomic E-state index is 0.0941. The van der Waals surface area contributed by atoms with Crippen molar-refractivity contribution in [1.82, 2.24) is 10.6 Å². The van der Waals surface area contributed by atoms with Crippen LogP contribution in [0.3, 0.4) is 0 Å². The van der Waals surface area contributed by atoms with Gasteiger partial charge in [-0.05, 0) is 68.2 Å². The van der Waals surface area contributed by atoms with Crippen LogP contribution in [0.2, 0.25) is 0 Å². The van der Waals surface area contributed by atoms with Crippen LogP contribution < -0.4 is 10.6 Å². The van der Waals surface area contributed by atoms with Gasteiger partial charge < -0.3 is 20.5 Å². The largest absolute Gasteiger partial charge is 0.480 e. The summed E-state index contributed by atoms with van der Waals surface area (Å²) in [4.78, 5) is 37.7. The highest BCUT2D eigenvalue weighted by atomic mass is 16.5. The van der Waals surface area contributed by atoms with Crippen LogP contribution in [-0.4, -0.2) is 41.3 Å². The first kappa shape index (κ1) is 24.5. The fourth-order valence-electron chi connectivity index (χ4n) is 4.70. The third kappa shape index (κ3) is 5.24. The van der Waals surface area contributed by atoms with Gasteiger partial charge in [0.15, 0.2) is 0 Å². The van der Waals surface area contributed by atoms with Crippen LogP contribution in [0.4, 0.5) is 4.79 Å². The molecule has 2 aromatic carbocycles. The van der Waals surface area contributed by atoms with Gasteiger partial charge in [0.2, 0.25) is 5.91 Å². The van der Waals surface area contributed by atoms with E-state index in [1.807, 2.05) is 56.3 Å². The van der Waals surface area contributed by atoms with Gasteiger partial charge in [-0.15, -0.1) is 0 Å². The van der Waals surface area contributed by atoms with Gasteiger partial charge in [-0.3, -0.25) is 4.79 Å². The van der Waals surface area contributed by atoms with E-state index in [4.69, 9.17) is 4.74 Å². The average Bonchev–Trinajstić information content (AvgIpc) is 3.64. The Morgan fingerprint density at radius 3 is 2.14 bits per heavy atom. The summed E-state index contributed by atoms with van der Waals surface area (Å²) >= 11 is 0. The highest BCUT2D eigenvalue weighted by molar-refractivity contribution is 5.91. The summed E-state index contributed by atoms with van der Waals surface area (Å²) in [6.07, 6.45) is 2.86. The molecule has 0 saturated heterocycles. The monoisotopic (exact) mass is 476 g/mol. The zero-order chi connectivity index (χ0) is 25.2. The van der Waals surface area contributed by atoms with Crippen LogP contribution in [0.15, 0.2) is 60.2 Å². The zero-order valence-corrected chi connectivity index (χ0v) is 20.3. The third-order valence-electron chi connectivity index (χ3n) is 6.94. The molecule has 0 radical (unpaired) electrons. The molecule has 0 bridgehead atoms. The van der Waals surface area contributed by atoms with E-state index in [2.05, 4.69) is 22.8 Å². The summed E-state index contributed by atoms with van der Waals surface area (Å²) in [7, 11) is 0. The molecule has 35 heavy (non-hydrogen) atoms. The number of aliphatic carboxylic acids is 1. The van der Waals surface area contributed by atoms with Crippen molar-refractivity contribution in [2.45, 2.75) is 57.5 Å². The number of ether oxygens (including phenoxy) is 1. The maximum absolute atomic E-state index is 13.1. The molecule has 1 saturated carbocycles. The molecule has 3 N–H and O–H groups in total. The Bertz CT molecular complexity index is 1120. The number of fused-ring (bicyclic) bond motifs is 3. The lowest BCUT2D eigenvalue weighted by Gasteiger charge is -2.28. The lowest BCUT2D eigenvalue weighted by molar-refractivity contribution is -0.148. The van der Waals surface area contributed by atoms with E-state index in [0.717, 1.165) is 40.7 Å². The molecule has 4 rings (SSSR count). The van der Waals surface area contributed by atoms with Crippen LogP contribution in [0.5, 0.6) is 0 Å². The van der Waals surface area contributed by atoms with Crippen molar-refractivity contribution < 1.29 is 24.2 Å². The van der Waals surface area contributed by atoms with Gasteiger partial charge in [-0.2, -0.15) is 0 Å². The smallest absolute Gasteiger partial charge is 0.407 e. The lowest BCUT2D eigenvalue weighted by atomic mass is 9.95. The molecule has 7 heteroatoms. The number of rotatable bonds is 9. The minimum atomic E-state index is -1.36. The number of amides is 2. The Morgan fingerprint density at radius 2 is 1.63 bits per heavy atom. The van der Waals surface area contributed by atoms with Crippen molar-refractivity contribution in [3.8, 4) is 11.1 Å². The maximum atomic E-state index is 13.1. The summed E-state index contributed by atoms with van der Waals surface area (Å²) < 4.78 is 5.60.